The van der Waals surface area contributed by atoms with E-state index >= 15 is 0 Å². The van der Waals surface area contributed by atoms with Crippen molar-refractivity contribution < 1.29 is 9.59 Å². The van der Waals surface area contributed by atoms with E-state index in [-0.39, 0.29) is 0 Å². The standard InChI is InChI=1S/C24H20N2O2/c27-17-25-23(15-19-7-3-1-4-8-19)21-11-13-22(14-12-21)24(26-18-28)16-20-9-5-2-6-10-20/h1-18H,(H,25,27)(H,26,28). The summed E-state index contributed by atoms with van der Waals surface area (Å²) in [6.45, 7) is 0. The molecule has 4 heteroatoms. The predicted molar refractivity (Wildman–Crippen MR) is 113 cm³/mol. The zero-order valence-electron chi connectivity index (χ0n) is 15.2. The molecular weight excluding hydrogens is 348 g/mol. The van der Waals surface area contributed by atoms with E-state index in [1.165, 1.54) is 0 Å². The lowest BCUT2D eigenvalue weighted by molar-refractivity contribution is -0.109. The highest BCUT2D eigenvalue weighted by molar-refractivity contribution is 5.88. The lowest BCUT2D eigenvalue weighted by atomic mass is 10.0. The Balaban J connectivity index is 1.91. The van der Waals surface area contributed by atoms with Gasteiger partial charge in [-0.1, -0.05) is 84.9 Å². The van der Waals surface area contributed by atoms with Crippen LogP contribution in [0.2, 0.25) is 0 Å². The van der Waals surface area contributed by atoms with Gasteiger partial charge in [-0.15, -0.1) is 0 Å². The number of benzene rings is 3. The molecule has 0 atom stereocenters. The number of nitrogens with one attached hydrogen (secondary N) is 2. The fourth-order valence-electron chi connectivity index (χ4n) is 2.80. The Bertz CT molecular complexity index is 894. The molecule has 2 N–H and O–H groups in total. The van der Waals surface area contributed by atoms with E-state index in [0.29, 0.717) is 24.2 Å². The van der Waals surface area contributed by atoms with Crippen LogP contribution in [-0.4, -0.2) is 12.8 Å². The highest BCUT2D eigenvalue weighted by Crippen LogP contribution is 2.20. The van der Waals surface area contributed by atoms with Gasteiger partial charge in [0.2, 0.25) is 12.8 Å². The van der Waals surface area contributed by atoms with Crippen LogP contribution in [0.1, 0.15) is 22.3 Å². The molecule has 3 aromatic rings. The van der Waals surface area contributed by atoms with Gasteiger partial charge in [0.25, 0.3) is 0 Å². The molecule has 0 fully saturated rings. The van der Waals surface area contributed by atoms with Crippen molar-refractivity contribution in [1.82, 2.24) is 10.6 Å². The molecule has 0 aliphatic heterocycles. The molecule has 3 aromatic carbocycles. The third kappa shape index (κ3) is 5.05. The third-order valence-corrected chi connectivity index (χ3v) is 4.16. The van der Waals surface area contributed by atoms with Gasteiger partial charge in [0.1, 0.15) is 0 Å². The van der Waals surface area contributed by atoms with Crippen LogP contribution >= 0.6 is 0 Å². The summed E-state index contributed by atoms with van der Waals surface area (Å²) in [5.41, 5.74) is 5.11. The van der Waals surface area contributed by atoms with Crippen LogP contribution in [0.25, 0.3) is 23.5 Å². The van der Waals surface area contributed by atoms with Crippen LogP contribution < -0.4 is 10.6 Å². The molecule has 138 valence electrons. The second-order valence-electron chi connectivity index (χ2n) is 6.04. The molecule has 28 heavy (non-hydrogen) atoms. The van der Waals surface area contributed by atoms with Crippen LogP contribution in [0, 0.1) is 0 Å². The number of carbonyl (C=O) groups excluding carboxylic acids is 2. The maximum atomic E-state index is 11.0. The minimum Gasteiger partial charge on any atom is -0.328 e. The maximum absolute atomic E-state index is 11.0. The topological polar surface area (TPSA) is 58.2 Å². The van der Waals surface area contributed by atoms with E-state index in [9.17, 15) is 9.59 Å². The number of hydrogen-bond acceptors (Lipinski definition) is 2. The van der Waals surface area contributed by atoms with Gasteiger partial charge >= 0.3 is 0 Å². The maximum Gasteiger partial charge on any atom is 0.211 e. The van der Waals surface area contributed by atoms with Gasteiger partial charge < -0.3 is 10.6 Å². The van der Waals surface area contributed by atoms with E-state index in [0.717, 1.165) is 22.3 Å². The highest BCUT2D eigenvalue weighted by Gasteiger charge is 2.05. The smallest absolute Gasteiger partial charge is 0.211 e. The first-order chi connectivity index (χ1) is 13.8. The Morgan fingerprint density at radius 3 is 1.21 bits per heavy atom. The Morgan fingerprint density at radius 2 is 0.893 bits per heavy atom. The van der Waals surface area contributed by atoms with Crippen molar-refractivity contribution >= 4 is 36.4 Å². The first-order valence-corrected chi connectivity index (χ1v) is 8.85. The molecular formula is C24H20N2O2. The highest BCUT2D eigenvalue weighted by atomic mass is 16.1. The molecule has 4 nitrogen and oxygen atoms in total. The predicted octanol–water partition coefficient (Wildman–Crippen LogP) is 4.17. The quantitative estimate of drug-likeness (QED) is 0.463. The molecule has 0 heterocycles. The average molecular weight is 368 g/mol. The van der Waals surface area contributed by atoms with Crippen LogP contribution in [0.5, 0.6) is 0 Å². The van der Waals surface area contributed by atoms with Gasteiger partial charge in [0.05, 0.1) is 0 Å². The Labute approximate surface area is 164 Å². The van der Waals surface area contributed by atoms with E-state index < -0.39 is 0 Å². The minimum atomic E-state index is 0.664. The number of rotatable bonds is 8. The second kappa shape index (κ2) is 9.69. The van der Waals surface area contributed by atoms with E-state index in [1.807, 2.05) is 97.1 Å². The minimum absolute atomic E-state index is 0.664. The summed E-state index contributed by atoms with van der Waals surface area (Å²) in [4.78, 5) is 22.1. The van der Waals surface area contributed by atoms with Crippen molar-refractivity contribution in [1.29, 1.82) is 0 Å². The largest absolute Gasteiger partial charge is 0.328 e. The van der Waals surface area contributed by atoms with Crippen molar-refractivity contribution in [2.45, 2.75) is 0 Å². The molecule has 0 saturated heterocycles. The summed E-state index contributed by atoms with van der Waals surface area (Å²) in [6, 6.07) is 27.2. The molecule has 0 radical (unpaired) electrons. The molecule has 0 aromatic heterocycles. The lowest BCUT2D eigenvalue weighted by Gasteiger charge is -2.10. The summed E-state index contributed by atoms with van der Waals surface area (Å²) in [6.07, 6.45) is 5.15. The Hall–Kier alpha value is -3.92. The monoisotopic (exact) mass is 368 g/mol. The van der Waals surface area contributed by atoms with Crippen LogP contribution in [0.15, 0.2) is 84.9 Å². The normalized spacial score (nSPS) is 11.6. The number of hydrogen-bond donors (Lipinski definition) is 2. The fraction of sp³-hybridized carbons (Fsp3) is 0. The molecule has 0 spiro atoms. The number of amides is 2. The van der Waals surface area contributed by atoms with Crippen molar-refractivity contribution in [3.63, 3.8) is 0 Å². The fourth-order valence-corrected chi connectivity index (χ4v) is 2.80. The van der Waals surface area contributed by atoms with Crippen molar-refractivity contribution in [2.75, 3.05) is 0 Å². The summed E-state index contributed by atoms with van der Waals surface area (Å²) in [5.74, 6) is 0. The molecule has 2 amide bonds. The summed E-state index contributed by atoms with van der Waals surface area (Å²) >= 11 is 0. The first kappa shape index (κ1) is 18.9. The Morgan fingerprint density at radius 1 is 0.536 bits per heavy atom. The van der Waals surface area contributed by atoms with Gasteiger partial charge in [0.15, 0.2) is 0 Å². The molecule has 0 aliphatic rings. The molecule has 3 rings (SSSR count). The second-order valence-corrected chi connectivity index (χ2v) is 6.04. The van der Waals surface area contributed by atoms with Gasteiger partial charge in [0, 0.05) is 11.4 Å². The van der Waals surface area contributed by atoms with Crippen LogP contribution in [-0.2, 0) is 9.59 Å². The third-order valence-electron chi connectivity index (χ3n) is 4.16. The van der Waals surface area contributed by atoms with Crippen molar-refractivity contribution in [3.8, 4) is 0 Å². The summed E-state index contributed by atoms with van der Waals surface area (Å²) in [7, 11) is 0. The molecule has 0 aliphatic carbocycles. The first-order valence-electron chi connectivity index (χ1n) is 8.85. The van der Waals surface area contributed by atoms with Crippen LogP contribution in [0.4, 0.5) is 0 Å². The van der Waals surface area contributed by atoms with Crippen molar-refractivity contribution in [2.24, 2.45) is 0 Å². The average Bonchev–Trinajstić information content (AvgIpc) is 2.75. The van der Waals surface area contributed by atoms with E-state index in [4.69, 9.17) is 0 Å². The zero-order valence-corrected chi connectivity index (χ0v) is 15.2. The summed E-state index contributed by atoms with van der Waals surface area (Å²) < 4.78 is 0. The van der Waals surface area contributed by atoms with Gasteiger partial charge in [-0.3, -0.25) is 9.59 Å². The van der Waals surface area contributed by atoms with Gasteiger partial charge in [-0.25, -0.2) is 0 Å². The van der Waals surface area contributed by atoms with Crippen LogP contribution in [0.3, 0.4) is 0 Å². The molecule has 0 unspecified atom stereocenters. The molecule has 0 bridgehead atoms. The zero-order chi connectivity index (χ0) is 19.6. The van der Waals surface area contributed by atoms with Crippen molar-refractivity contribution in [3.05, 3.63) is 107 Å². The van der Waals surface area contributed by atoms with E-state index in [1.54, 1.807) is 0 Å². The SMILES string of the molecule is O=CNC(=Cc1ccccc1)c1ccc(C(=Cc2ccccc2)NC=O)cc1. The summed E-state index contributed by atoms with van der Waals surface area (Å²) in [5, 5.41) is 5.51. The van der Waals surface area contributed by atoms with E-state index in [2.05, 4.69) is 10.6 Å². The molecule has 0 saturated carbocycles. The lowest BCUT2D eigenvalue weighted by Crippen LogP contribution is -2.10. The number of carbonyl (C=O) groups is 2. The Kier molecular flexibility index (Phi) is 6.53. The van der Waals surface area contributed by atoms with Gasteiger partial charge in [-0.2, -0.15) is 0 Å². The van der Waals surface area contributed by atoms with Gasteiger partial charge in [-0.05, 0) is 34.4 Å².